The van der Waals surface area contributed by atoms with E-state index in [1.165, 1.54) is 24.9 Å². The van der Waals surface area contributed by atoms with Gasteiger partial charge in [-0.15, -0.1) is 0 Å². The van der Waals surface area contributed by atoms with E-state index in [1.54, 1.807) is 0 Å². The number of nitrogens with zero attached hydrogens (tertiary/aromatic N) is 2. The third-order valence-corrected chi connectivity index (χ3v) is 5.47. The summed E-state index contributed by atoms with van der Waals surface area (Å²) in [5.41, 5.74) is 2.27. The maximum atomic E-state index is 12.6. The molecule has 1 aromatic carbocycles. The van der Waals surface area contributed by atoms with Crippen LogP contribution in [-0.2, 0) is 4.79 Å². The molecule has 0 spiro atoms. The summed E-state index contributed by atoms with van der Waals surface area (Å²) in [6.45, 7) is 5.49. The van der Waals surface area contributed by atoms with Crippen LogP contribution in [0.4, 0.5) is 5.69 Å². The van der Waals surface area contributed by atoms with Crippen molar-refractivity contribution < 1.29 is 4.79 Å². The molecule has 0 unspecified atom stereocenters. The fraction of sp³-hybridized carbons (Fsp3) is 0.611. The smallest absolute Gasteiger partial charge is 0.225 e. The number of rotatable bonds is 2. The minimum absolute atomic E-state index is 0.286. The molecule has 0 bridgehead atoms. The van der Waals surface area contributed by atoms with Gasteiger partial charge >= 0.3 is 0 Å². The highest BCUT2D eigenvalue weighted by molar-refractivity contribution is 6.31. The number of anilines is 1. The van der Waals surface area contributed by atoms with Crippen LogP contribution in [0.2, 0.25) is 5.02 Å². The van der Waals surface area contributed by atoms with E-state index in [4.69, 9.17) is 11.6 Å². The monoisotopic (exact) mass is 320 g/mol. The van der Waals surface area contributed by atoms with Gasteiger partial charge in [0.1, 0.15) is 0 Å². The summed E-state index contributed by atoms with van der Waals surface area (Å²) in [6.07, 6.45) is 5.92. The quantitative estimate of drug-likeness (QED) is 0.825. The Morgan fingerprint density at radius 3 is 2.41 bits per heavy atom. The van der Waals surface area contributed by atoms with Gasteiger partial charge in [0.25, 0.3) is 0 Å². The number of aryl methyl sites for hydroxylation is 1. The second kappa shape index (κ2) is 6.91. The SMILES string of the molecule is Cc1ccc(N2CCN(C(=O)C3CCCCC3)CC2)cc1Cl. The molecule has 22 heavy (non-hydrogen) atoms. The number of carbonyl (C=O) groups is 1. The third-order valence-electron chi connectivity index (χ3n) is 5.07. The molecular formula is C18H25ClN2O. The molecular weight excluding hydrogens is 296 g/mol. The van der Waals surface area contributed by atoms with Crippen molar-refractivity contribution in [3.05, 3.63) is 28.8 Å². The van der Waals surface area contributed by atoms with Gasteiger partial charge in [0.2, 0.25) is 5.91 Å². The minimum Gasteiger partial charge on any atom is -0.368 e. The zero-order valence-corrected chi connectivity index (χ0v) is 14.1. The van der Waals surface area contributed by atoms with Crippen molar-refractivity contribution in [3.8, 4) is 0 Å². The normalized spacial score (nSPS) is 20.3. The molecule has 3 rings (SSSR count). The Morgan fingerprint density at radius 1 is 1.09 bits per heavy atom. The molecule has 0 atom stereocenters. The van der Waals surface area contributed by atoms with E-state index in [0.29, 0.717) is 5.91 Å². The van der Waals surface area contributed by atoms with E-state index in [2.05, 4.69) is 21.9 Å². The maximum absolute atomic E-state index is 12.6. The lowest BCUT2D eigenvalue weighted by Crippen LogP contribution is -2.50. The lowest BCUT2D eigenvalue weighted by atomic mass is 9.88. The first-order valence-corrected chi connectivity index (χ1v) is 8.83. The molecule has 0 N–H and O–H groups in total. The fourth-order valence-electron chi connectivity index (χ4n) is 3.57. The molecule has 0 aromatic heterocycles. The van der Waals surface area contributed by atoms with Crippen molar-refractivity contribution in [1.82, 2.24) is 4.90 Å². The Morgan fingerprint density at radius 2 is 1.77 bits per heavy atom. The lowest BCUT2D eigenvalue weighted by molar-refractivity contribution is -0.136. The van der Waals surface area contributed by atoms with Crippen LogP contribution in [0.1, 0.15) is 37.7 Å². The predicted molar refractivity (Wildman–Crippen MR) is 91.6 cm³/mol. The van der Waals surface area contributed by atoms with Crippen molar-refractivity contribution in [3.63, 3.8) is 0 Å². The van der Waals surface area contributed by atoms with Crippen molar-refractivity contribution in [2.45, 2.75) is 39.0 Å². The molecule has 2 fully saturated rings. The van der Waals surface area contributed by atoms with Gasteiger partial charge in [-0.1, -0.05) is 36.9 Å². The van der Waals surface area contributed by atoms with Crippen LogP contribution in [-0.4, -0.2) is 37.0 Å². The van der Waals surface area contributed by atoms with E-state index in [0.717, 1.165) is 49.6 Å². The molecule has 1 aromatic rings. The van der Waals surface area contributed by atoms with Gasteiger partial charge in [-0.05, 0) is 37.5 Å². The van der Waals surface area contributed by atoms with E-state index in [9.17, 15) is 4.79 Å². The minimum atomic E-state index is 0.286. The van der Waals surface area contributed by atoms with Crippen LogP contribution >= 0.6 is 11.6 Å². The van der Waals surface area contributed by atoms with Gasteiger partial charge in [-0.3, -0.25) is 4.79 Å². The van der Waals surface area contributed by atoms with Gasteiger partial charge in [-0.25, -0.2) is 0 Å². The average Bonchev–Trinajstić information content (AvgIpc) is 2.58. The van der Waals surface area contributed by atoms with E-state index < -0.39 is 0 Å². The summed E-state index contributed by atoms with van der Waals surface area (Å²) in [4.78, 5) is 17.0. The fourth-order valence-corrected chi connectivity index (χ4v) is 3.75. The topological polar surface area (TPSA) is 23.6 Å². The van der Waals surface area contributed by atoms with Crippen LogP contribution in [0.15, 0.2) is 18.2 Å². The molecule has 1 aliphatic heterocycles. The number of hydrogen-bond donors (Lipinski definition) is 0. The van der Waals surface area contributed by atoms with Crippen LogP contribution in [0.3, 0.4) is 0 Å². The Kier molecular flexibility index (Phi) is 4.92. The number of carbonyl (C=O) groups excluding carboxylic acids is 1. The van der Waals surface area contributed by atoms with Gasteiger partial charge in [-0.2, -0.15) is 0 Å². The molecule has 1 heterocycles. The van der Waals surface area contributed by atoms with E-state index in [-0.39, 0.29) is 5.92 Å². The zero-order valence-electron chi connectivity index (χ0n) is 13.4. The van der Waals surface area contributed by atoms with E-state index >= 15 is 0 Å². The summed E-state index contributed by atoms with van der Waals surface area (Å²) in [5.74, 6) is 0.676. The van der Waals surface area contributed by atoms with Crippen molar-refractivity contribution >= 4 is 23.2 Å². The molecule has 120 valence electrons. The standard InChI is InChI=1S/C18H25ClN2O/c1-14-7-8-16(13-17(14)19)20-9-11-21(12-10-20)18(22)15-5-3-2-4-6-15/h7-8,13,15H,2-6,9-12H2,1H3. The summed E-state index contributed by atoms with van der Waals surface area (Å²) in [5, 5.41) is 0.818. The van der Waals surface area contributed by atoms with Crippen molar-refractivity contribution in [2.24, 2.45) is 5.92 Å². The zero-order chi connectivity index (χ0) is 15.5. The Bertz CT molecular complexity index is 532. The number of hydrogen-bond acceptors (Lipinski definition) is 2. The molecule has 1 saturated heterocycles. The van der Waals surface area contributed by atoms with Crippen molar-refractivity contribution in [1.29, 1.82) is 0 Å². The second-order valence-electron chi connectivity index (χ2n) is 6.58. The number of amides is 1. The second-order valence-corrected chi connectivity index (χ2v) is 6.99. The molecule has 0 radical (unpaired) electrons. The van der Waals surface area contributed by atoms with Gasteiger partial charge < -0.3 is 9.80 Å². The number of benzene rings is 1. The first-order chi connectivity index (χ1) is 10.6. The Labute approximate surface area is 138 Å². The largest absolute Gasteiger partial charge is 0.368 e. The third kappa shape index (κ3) is 3.40. The van der Waals surface area contributed by atoms with Crippen LogP contribution in [0, 0.1) is 12.8 Å². The highest BCUT2D eigenvalue weighted by atomic mass is 35.5. The number of halogens is 1. The molecule has 3 nitrogen and oxygen atoms in total. The maximum Gasteiger partial charge on any atom is 0.225 e. The lowest BCUT2D eigenvalue weighted by Gasteiger charge is -2.38. The van der Waals surface area contributed by atoms with Gasteiger partial charge in [0.05, 0.1) is 0 Å². The summed E-state index contributed by atoms with van der Waals surface area (Å²) in [7, 11) is 0. The highest BCUT2D eigenvalue weighted by Gasteiger charge is 2.28. The predicted octanol–water partition coefficient (Wildman–Crippen LogP) is 3.88. The van der Waals surface area contributed by atoms with Crippen LogP contribution in [0.25, 0.3) is 0 Å². The highest BCUT2D eigenvalue weighted by Crippen LogP contribution is 2.27. The first kappa shape index (κ1) is 15.7. The number of piperazine rings is 1. The van der Waals surface area contributed by atoms with E-state index in [1.807, 2.05) is 13.0 Å². The molecule has 2 aliphatic rings. The summed E-state index contributed by atoms with van der Waals surface area (Å²) >= 11 is 6.22. The molecule has 1 aliphatic carbocycles. The summed E-state index contributed by atoms with van der Waals surface area (Å²) < 4.78 is 0. The average molecular weight is 321 g/mol. The summed E-state index contributed by atoms with van der Waals surface area (Å²) in [6, 6.07) is 6.23. The first-order valence-electron chi connectivity index (χ1n) is 8.45. The van der Waals surface area contributed by atoms with Gasteiger partial charge in [0, 0.05) is 42.8 Å². The Hall–Kier alpha value is -1.22. The Balaban J connectivity index is 1.57. The van der Waals surface area contributed by atoms with Crippen LogP contribution < -0.4 is 4.90 Å². The van der Waals surface area contributed by atoms with Gasteiger partial charge in [0.15, 0.2) is 0 Å². The molecule has 1 saturated carbocycles. The molecule has 4 heteroatoms. The van der Waals surface area contributed by atoms with Crippen LogP contribution in [0.5, 0.6) is 0 Å². The van der Waals surface area contributed by atoms with Crippen molar-refractivity contribution in [2.75, 3.05) is 31.1 Å². The molecule has 1 amide bonds.